The fourth-order valence-electron chi connectivity index (χ4n) is 2.56. The number of carbonyl (C=O) groups excluding carboxylic acids is 1. The summed E-state index contributed by atoms with van der Waals surface area (Å²) >= 11 is 4.91. The minimum absolute atomic E-state index is 0.133. The molecule has 0 radical (unpaired) electrons. The Morgan fingerprint density at radius 1 is 1.27 bits per heavy atom. The van der Waals surface area contributed by atoms with Gasteiger partial charge in [0.15, 0.2) is 0 Å². The molecular weight excluding hydrogens is 365 g/mol. The Morgan fingerprint density at radius 3 is 2.91 bits per heavy atom. The van der Waals surface area contributed by atoms with Crippen LogP contribution in [-0.4, -0.2) is 18.2 Å². The summed E-state index contributed by atoms with van der Waals surface area (Å²) in [4.78, 5) is 14.2. The Bertz CT molecular complexity index is 707. The van der Waals surface area contributed by atoms with Crippen molar-refractivity contribution >= 4 is 39.3 Å². The van der Waals surface area contributed by atoms with Crippen molar-refractivity contribution in [1.29, 1.82) is 0 Å². The lowest BCUT2D eigenvalue weighted by Crippen LogP contribution is -2.30. The van der Waals surface area contributed by atoms with Crippen LogP contribution in [0.3, 0.4) is 0 Å². The van der Waals surface area contributed by atoms with Gasteiger partial charge in [-0.3, -0.25) is 4.79 Å². The average Bonchev–Trinajstić information content (AvgIpc) is 2.93. The van der Waals surface area contributed by atoms with Crippen LogP contribution in [0.5, 0.6) is 0 Å². The molecule has 1 aliphatic heterocycles. The quantitative estimate of drug-likeness (QED) is 0.783. The second kappa shape index (κ2) is 6.84. The van der Waals surface area contributed by atoms with Gasteiger partial charge in [0.25, 0.3) is 0 Å². The molecule has 2 aromatic carbocycles. The van der Waals surface area contributed by atoms with E-state index in [0.29, 0.717) is 11.5 Å². The number of nitrogens with zero attached hydrogens (tertiary/aromatic N) is 1. The van der Waals surface area contributed by atoms with Gasteiger partial charge in [-0.1, -0.05) is 40.2 Å². The van der Waals surface area contributed by atoms with E-state index in [2.05, 4.69) is 22.0 Å². The molecule has 0 spiro atoms. The summed E-state index contributed by atoms with van der Waals surface area (Å²) in [6.07, 6.45) is 0.927. The maximum absolute atomic E-state index is 13.0. The van der Waals surface area contributed by atoms with Crippen LogP contribution in [0.2, 0.25) is 0 Å². The zero-order chi connectivity index (χ0) is 15.5. The molecule has 1 aliphatic rings. The lowest BCUT2D eigenvalue weighted by molar-refractivity contribution is -0.116. The maximum Gasteiger partial charge on any atom is 0.237 e. The van der Waals surface area contributed by atoms with E-state index in [0.717, 1.165) is 28.7 Å². The number of halogens is 2. The summed E-state index contributed by atoms with van der Waals surface area (Å²) in [7, 11) is 0. The number of benzene rings is 2. The molecule has 0 bridgehead atoms. The predicted octanol–water partition coefficient (Wildman–Crippen LogP) is 4.41. The van der Waals surface area contributed by atoms with Crippen molar-refractivity contribution in [3.05, 3.63) is 63.9 Å². The lowest BCUT2D eigenvalue weighted by Gasteiger charge is -2.17. The number of fused-ring (bicyclic) bond motifs is 1. The molecular formula is C17H15BrFNOS. The van der Waals surface area contributed by atoms with E-state index in [1.165, 1.54) is 17.7 Å². The summed E-state index contributed by atoms with van der Waals surface area (Å²) in [6.45, 7) is 0.763. The van der Waals surface area contributed by atoms with Crippen molar-refractivity contribution in [2.24, 2.45) is 0 Å². The van der Waals surface area contributed by atoms with Crippen LogP contribution >= 0.6 is 27.7 Å². The van der Waals surface area contributed by atoms with Gasteiger partial charge in [0, 0.05) is 22.5 Å². The molecule has 0 aliphatic carbocycles. The van der Waals surface area contributed by atoms with Crippen LogP contribution < -0.4 is 4.90 Å². The predicted molar refractivity (Wildman–Crippen MR) is 92.8 cm³/mol. The van der Waals surface area contributed by atoms with Crippen molar-refractivity contribution < 1.29 is 9.18 Å². The first-order valence-corrected chi connectivity index (χ1v) is 9.00. The molecule has 22 heavy (non-hydrogen) atoms. The highest BCUT2D eigenvalue weighted by molar-refractivity contribution is 9.10. The highest BCUT2D eigenvalue weighted by atomic mass is 79.9. The zero-order valence-electron chi connectivity index (χ0n) is 11.9. The Morgan fingerprint density at radius 2 is 2.09 bits per heavy atom. The monoisotopic (exact) mass is 379 g/mol. The number of carbonyl (C=O) groups is 1. The summed E-state index contributed by atoms with van der Waals surface area (Å²) < 4.78 is 13.8. The van der Waals surface area contributed by atoms with Gasteiger partial charge >= 0.3 is 0 Å². The second-order valence-electron chi connectivity index (χ2n) is 5.15. The number of para-hydroxylation sites is 1. The van der Waals surface area contributed by atoms with Crippen LogP contribution in [0.4, 0.5) is 10.1 Å². The van der Waals surface area contributed by atoms with Crippen LogP contribution in [0.15, 0.2) is 46.9 Å². The number of anilines is 1. The highest BCUT2D eigenvalue weighted by Gasteiger charge is 2.23. The topological polar surface area (TPSA) is 20.3 Å². The Kier molecular flexibility index (Phi) is 4.84. The molecule has 0 atom stereocenters. The van der Waals surface area contributed by atoms with Gasteiger partial charge in [-0.2, -0.15) is 0 Å². The lowest BCUT2D eigenvalue weighted by atomic mass is 10.2. The van der Waals surface area contributed by atoms with Crippen molar-refractivity contribution in [2.45, 2.75) is 12.2 Å². The molecule has 0 unspecified atom stereocenters. The minimum atomic E-state index is -0.259. The first-order chi connectivity index (χ1) is 10.6. The first kappa shape index (κ1) is 15.6. The van der Waals surface area contributed by atoms with Crippen molar-refractivity contribution in [3.8, 4) is 0 Å². The van der Waals surface area contributed by atoms with Gasteiger partial charge < -0.3 is 4.90 Å². The van der Waals surface area contributed by atoms with Crippen molar-refractivity contribution in [3.63, 3.8) is 0 Å². The van der Waals surface area contributed by atoms with Crippen LogP contribution in [0.25, 0.3) is 0 Å². The van der Waals surface area contributed by atoms with Gasteiger partial charge in [0.05, 0.1) is 5.75 Å². The van der Waals surface area contributed by atoms with E-state index < -0.39 is 0 Å². The third kappa shape index (κ3) is 3.36. The van der Waals surface area contributed by atoms with Crippen LogP contribution in [0.1, 0.15) is 11.1 Å². The van der Waals surface area contributed by atoms with Crippen molar-refractivity contribution in [1.82, 2.24) is 0 Å². The van der Waals surface area contributed by atoms with Gasteiger partial charge in [0.2, 0.25) is 5.91 Å². The van der Waals surface area contributed by atoms with Crippen LogP contribution in [-0.2, 0) is 17.0 Å². The van der Waals surface area contributed by atoms with Gasteiger partial charge in [0.1, 0.15) is 5.82 Å². The fraction of sp³-hybridized carbons (Fsp3) is 0.235. The summed E-state index contributed by atoms with van der Waals surface area (Å²) in [5.41, 5.74) is 3.28. The number of hydrogen-bond acceptors (Lipinski definition) is 2. The number of thioether (sulfide) groups is 1. The molecule has 0 fully saturated rings. The summed E-state index contributed by atoms with van der Waals surface area (Å²) in [5, 5.41) is 0. The summed E-state index contributed by atoms with van der Waals surface area (Å²) in [5.74, 6) is 0.985. The number of amides is 1. The standard InChI is InChI=1S/C17H15BrFNOS/c18-15-9-14(19)6-5-13(15)10-22-11-17(21)20-8-7-12-3-1-2-4-16(12)20/h1-6,9H,7-8,10-11H2. The third-order valence-corrected chi connectivity index (χ3v) is 5.39. The number of rotatable bonds is 4. The highest BCUT2D eigenvalue weighted by Crippen LogP contribution is 2.29. The van der Waals surface area contributed by atoms with Crippen molar-refractivity contribution in [2.75, 3.05) is 17.2 Å². The molecule has 0 aromatic heterocycles. The zero-order valence-corrected chi connectivity index (χ0v) is 14.3. The van der Waals surface area contributed by atoms with Gasteiger partial charge in [-0.05, 0) is 35.7 Å². The Balaban J connectivity index is 1.57. The summed E-state index contributed by atoms with van der Waals surface area (Å²) in [6, 6.07) is 12.7. The minimum Gasteiger partial charge on any atom is -0.311 e. The molecule has 5 heteroatoms. The van der Waals surface area contributed by atoms with E-state index in [-0.39, 0.29) is 11.7 Å². The Hall–Kier alpha value is -1.33. The molecule has 2 aromatic rings. The molecule has 3 rings (SSSR count). The van der Waals surface area contributed by atoms with E-state index in [1.807, 2.05) is 23.1 Å². The molecule has 0 saturated heterocycles. The largest absolute Gasteiger partial charge is 0.311 e. The van der Waals surface area contributed by atoms with E-state index >= 15 is 0 Å². The number of hydrogen-bond donors (Lipinski definition) is 0. The van der Waals surface area contributed by atoms with Gasteiger partial charge in [-0.25, -0.2) is 4.39 Å². The maximum atomic E-state index is 13.0. The molecule has 2 nitrogen and oxygen atoms in total. The third-order valence-electron chi connectivity index (χ3n) is 3.69. The van der Waals surface area contributed by atoms with Crippen LogP contribution in [0, 0.1) is 5.82 Å². The molecule has 114 valence electrons. The van der Waals surface area contributed by atoms with E-state index in [9.17, 15) is 9.18 Å². The molecule has 1 amide bonds. The second-order valence-corrected chi connectivity index (χ2v) is 6.99. The normalized spacial score (nSPS) is 13.3. The smallest absolute Gasteiger partial charge is 0.237 e. The first-order valence-electron chi connectivity index (χ1n) is 7.05. The Labute approximate surface area is 141 Å². The molecule has 0 N–H and O–H groups in total. The molecule has 0 saturated carbocycles. The van der Waals surface area contributed by atoms with E-state index in [1.54, 1.807) is 17.8 Å². The van der Waals surface area contributed by atoms with E-state index in [4.69, 9.17) is 0 Å². The fourth-order valence-corrected chi connectivity index (χ4v) is 4.14. The SMILES string of the molecule is O=C(CSCc1ccc(F)cc1Br)N1CCc2ccccc21. The molecule has 1 heterocycles. The van der Waals surface area contributed by atoms with Gasteiger partial charge in [-0.15, -0.1) is 11.8 Å². The average molecular weight is 380 g/mol.